The highest BCUT2D eigenvalue weighted by Gasteiger charge is 2.09. The molecule has 0 bridgehead atoms. The molecule has 120 valence electrons. The molecule has 0 aliphatic rings. The highest BCUT2D eigenvalue weighted by Crippen LogP contribution is 2.26. The Balaban J connectivity index is 2.24. The molecule has 0 aliphatic heterocycles. The van der Waals surface area contributed by atoms with Crippen LogP contribution in [0.5, 0.6) is 5.75 Å². The second-order valence-corrected chi connectivity index (χ2v) is 5.27. The average molecular weight is 312 g/mol. The Morgan fingerprint density at radius 1 is 1.22 bits per heavy atom. The average Bonchev–Trinajstić information content (AvgIpc) is 2.54. The fourth-order valence-corrected chi connectivity index (χ4v) is 2.31. The summed E-state index contributed by atoms with van der Waals surface area (Å²) in [7, 11) is 1.34. The van der Waals surface area contributed by atoms with E-state index in [1.54, 1.807) is 18.6 Å². The zero-order valence-corrected chi connectivity index (χ0v) is 13.8. The van der Waals surface area contributed by atoms with Crippen LogP contribution in [0.1, 0.15) is 29.3 Å². The third-order valence-corrected chi connectivity index (χ3v) is 3.40. The van der Waals surface area contributed by atoms with Crippen molar-refractivity contribution < 1.29 is 14.3 Å². The van der Waals surface area contributed by atoms with Crippen LogP contribution in [-0.4, -0.2) is 29.7 Å². The van der Waals surface area contributed by atoms with Crippen LogP contribution in [0.25, 0.3) is 11.6 Å². The van der Waals surface area contributed by atoms with Gasteiger partial charge in [0, 0.05) is 12.4 Å². The first kappa shape index (κ1) is 16.7. The SMILES string of the molecule is COC(=O)COc1c(C)cc(C=C(C)c2cnccn2)cc1C. The number of hydrogen-bond acceptors (Lipinski definition) is 5. The van der Waals surface area contributed by atoms with Gasteiger partial charge < -0.3 is 9.47 Å². The molecule has 0 N–H and O–H groups in total. The quantitative estimate of drug-likeness (QED) is 0.793. The van der Waals surface area contributed by atoms with Gasteiger partial charge in [0.05, 0.1) is 19.0 Å². The number of hydrogen-bond donors (Lipinski definition) is 0. The van der Waals surface area contributed by atoms with E-state index >= 15 is 0 Å². The smallest absolute Gasteiger partial charge is 0.343 e. The maximum atomic E-state index is 11.2. The van der Waals surface area contributed by atoms with Gasteiger partial charge in [-0.15, -0.1) is 0 Å². The molecular weight excluding hydrogens is 292 g/mol. The maximum absolute atomic E-state index is 11.2. The molecule has 2 rings (SSSR count). The van der Waals surface area contributed by atoms with Gasteiger partial charge in [-0.3, -0.25) is 9.97 Å². The summed E-state index contributed by atoms with van der Waals surface area (Å²) in [5, 5.41) is 0. The summed E-state index contributed by atoms with van der Waals surface area (Å²) in [5.74, 6) is 0.316. The third-order valence-electron chi connectivity index (χ3n) is 3.40. The highest BCUT2D eigenvalue weighted by molar-refractivity contribution is 5.79. The summed E-state index contributed by atoms with van der Waals surface area (Å²) in [4.78, 5) is 19.6. The monoisotopic (exact) mass is 312 g/mol. The zero-order chi connectivity index (χ0) is 16.8. The highest BCUT2D eigenvalue weighted by atomic mass is 16.6. The molecule has 0 fully saturated rings. The Kier molecular flexibility index (Phi) is 5.46. The first-order valence-electron chi connectivity index (χ1n) is 7.27. The first-order chi connectivity index (χ1) is 11.0. The Morgan fingerprint density at radius 3 is 2.48 bits per heavy atom. The second-order valence-electron chi connectivity index (χ2n) is 5.27. The van der Waals surface area contributed by atoms with E-state index in [0.717, 1.165) is 28.0 Å². The van der Waals surface area contributed by atoms with E-state index in [2.05, 4.69) is 14.7 Å². The van der Waals surface area contributed by atoms with Gasteiger partial charge in [0.25, 0.3) is 0 Å². The molecule has 2 aromatic rings. The number of ether oxygens (including phenoxy) is 2. The predicted molar refractivity (Wildman–Crippen MR) is 89.0 cm³/mol. The minimum absolute atomic E-state index is 0.0913. The largest absolute Gasteiger partial charge is 0.481 e. The van der Waals surface area contributed by atoms with Crippen LogP contribution in [-0.2, 0) is 9.53 Å². The van der Waals surface area contributed by atoms with Gasteiger partial charge >= 0.3 is 5.97 Å². The van der Waals surface area contributed by atoms with Gasteiger partial charge in [0.2, 0.25) is 0 Å². The molecule has 0 unspecified atom stereocenters. The lowest BCUT2D eigenvalue weighted by atomic mass is 10.0. The van der Waals surface area contributed by atoms with E-state index in [0.29, 0.717) is 5.75 Å². The number of carbonyl (C=O) groups excluding carboxylic acids is 1. The molecular formula is C18H20N2O3. The van der Waals surface area contributed by atoms with Crippen LogP contribution >= 0.6 is 0 Å². The molecule has 5 heteroatoms. The Hall–Kier alpha value is -2.69. The van der Waals surface area contributed by atoms with Crippen molar-refractivity contribution in [3.05, 3.63) is 53.1 Å². The van der Waals surface area contributed by atoms with E-state index in [9.17, 15) is 4.79 Å². The fourth-order valence-electron chi connectivity index (χ4n) is 2.31. The minimum atomic E-state index is -0.397. The van der Waals surface area contributed by atoms with E-state index in [1.807, 2.05) is 39.0 Å². The van der Waals surface area contributed by atoms with Crippen molar-refractivity contribution in [1.82, 2.24) is 9.97 Å². The van der Waals surface area contributed by atoms with E-state index in [1.165, 1.54) is 7.11 Å². The number of carbonyl (C=O) groups is 1. The van der Waals surface area contributed by atoms with Gasteiger partial charge in [0.1, 0.15) is 5.75 Å². The lowest BCUT2D eigenvalue weighted by Gasteiger charge is -2.12. The molecule has 1 heterocycles. The van der Waals surface area contributed by atoms with Crippen molar-refractivity contribution in [2.24, 2.45) is 0 Å². The van der Waals surface area contributed by atoms with E-state index in [4.69, 9.17) is 4.74 Å². The van der Waals surface area contributed by atoms with Crippen LogP contribution in [0.15, 0.2) is 30.7 Å². The number of methoxy groups -OCH3 is 1. The molecule has 0 saturated carbocycles. The molecule has 0 spiro atoms. The summed E-state index contributed by atoms with van der Waals surface area (Å²) in [5.41, 5.74) is 4.85. The van der Waals surface area contributed by atoms with Gasteiger partial charge in [-0.2, -0.15) is 0 Å². The predicted octanol–water partition coefficient (Wildman–Crippen LogP) is 3.21. The van der Waals surface area contributed by atoms with Crippen molar-refractivity contribution in [3.8, 4) is 5.75 Å². The molecule has 0 saturated heterocycles. The summed E-state index contributed by atoms with van der Waals surface area (Å²) in [6.45, 7) is 5.81. The van der Waals surface area contributed by atoms with E-state index in [-0.39, 0.29) is 6.61 Å². The topological polar surface area (TPSA) is 61.3 Å². The number of nitrogens with zero attached hydrogens (tertiary/aromatic N) is 2. The Bertz CT molecular complexity index is 701. The van der Waals surface area contributed by atoms with Crippen LogP contribution in [0.3, 0.4) is 0 Å². The van der Waals surface area contributed by atoms with Gasteiger partial charge in [0.15, 0.2) is 6.61 Å². The fraction of sp³-hybridized carbons (Fsp3) is 0.278. The van der Waals surface area contributed by atoms with E-state index < -0.39 is 5.97 Å². The van der Waals surface area contributed by atoms with Gasteiger partial charge in [-0.05, 0) is 61.2 Å². The number of aryl methyl sites for hydroxylation is 2. The number of allylic oxidation sites excluding steroid dienone is 1. The molecule has 5 nitrogen and oxygen atoms in total. The summed E-state index contributed by atoms with van der Waals surface area (Å²) >= 11 is 0. The van der Waals surface area contributed by atoms with Crippen molar-refractivity contribution in [2.45, 2.75) is 20.8 Å². The van der Waals surface area contributed by atoms with Gasteiger partial charge in [-0.1, -0.05) is 0 Å². The molecule has 23 heavy (non-hydrogen) atoms. The Morgan fingerprint density at radius 2 is 1.91 bits per heavy atom. The lowest BCUT2D eigenvalue weighted by Crippen LogP contribution is -2.13. The molecule has 0 aliphatic carbocycles. The van der Waals surface area contributed by atoms with Crippen molar-refractivity contribution in [2.75, 3.05) is 13.7 Å². The summed E-state index contributed by atoms with van der Waals surface area (Å²) < 4.78 is 10.1. The molecule has 0 atom stereocenters. The normalized spacial score (nSPS) is 11.2. The Labute approximate surface area is 136 Å². The number of esters is 1. The first-order valence-corrected chi connectivity index (χ1v) is 7.27. The molecule has 0 radical (unpaired) electrons. The maximum Gasteiger partial charge on any atom is 0.343 e. The van der Waals surface area contributed by atoms with Crippen LogP contribution < -0.4 is 4.74 Å². The standard InChI is InChI=1S/C18H20N2O3/c1-12(16-10-19-5-6-20-16)7-15-8-13(2)18(14(3)9-15)23-11-17(21)22-4/h5-10H,11H2,1-4H3. The van der Waals surface area contributed by atoms with Crippen LogP contribution in [0, 0.1) is 13.8 Å². The number of rotatable bonds is 5. The molecule has 1 aromatic heterocycles. The van der Waals surface area contributed by atoms with Crippen LogP contribution in [0.4, 0.5) is 0 Å². The summed E-state index contributed by atoms with van der Waals surface area (Å²) in [6.07, 6.45) is 7.11. The number of benzene rings is 1. The molecule has 1 aromatic carbocycles. The van der Waals surface area contributed by atoms with Crippen molar-refractivity contribution >= 4 is 17.6 Å². The molecule has 0 amide bonds. The third kappa shape index (κ3) is 4.39. The second kappa shape index (κ2) is 7.54. The summed E-state index contributed by atoms with van der Waals surface area (Å²) in [6, 6.07) is 4.03. The van der Waals surface area contributed by atoms with Crippen molar-refractivity contribution in [1.29, 1.82) is 0 Å². The lowest BCUT2D eigenvalue weighted by molar-refractivity contribution is -0.142. The number of aromatic nitrogens is 2. The van der Waals surface area contributed by atoms with Crippen molar-refractivity contribution in [3.63, 3.8) is 0 Å². The van der Waals surface area contributed by atoms with Gasteiger partial charge in [-0.25, -0.2) is 4.79 Å². The minimum Gasteiger partial charge on any atom is -0.481 e. The van der Waals surface area contributed by atoms with Crippen LogP contribution in [0.2, 0.25) is 0 Å². The zero-order valence-electron chi connectivity index (χ0n) is 13.8.